The van der Waals surface area contributed by atoms with Gasteiger partial charge < -0.3 is 10.2 Å². The molecule has 118 valence electrons. The van der Waals surface area contributed by atoms with Gasteiger partial charge >= 0.3 is 0 Å². The Hall–Kier alpha value is -2.89. The second kappa shape index (κ2) is 6.08. The van der Waals surface area contributed by atoms with Crippen molar-refractivity contribution in [3.8, 4) is 0 Å². The number of carbonyl (C=O) groups excluding carboxylic acids is 1. The third kappa shape index (κ3) is 3.15. The largest absolute Gasteiger partial charge is 0.362 e. The SMILES string of the molecule is Cc1ccc(NC(=O)CN2CCc3ccccc32)c([N+](=O)[O-])c1. The van der Waals surface area contributed by atoms with Crippen LogP contribution in [-0.4, -0.2) is 23.9 Å². The maximum absolute atomic E-state index is 12.3. The van der Waals surface area contributed by atoms with Crippen molar-refractivity contribution in [1.82, 2.24) is 0 Å². The van der Waals surface area contributed by atoms with Crippen molar-refractivity contribution >= 4 is 23.0 Å². The highest BCUT2D eigenvalue weighted by molar-refractivity contribution is 5.96. The highest BCUT2D eigenvalue weighted by atomic mass is 16.6. The molecule has 6 nitrogen and oxygen atoms in total. The van der Waals surface area contributed by atoms with Crippen molar-refractivity contribution in [1.29, 1.82) is 0 Å². The number of hydrogen-bond donors (Lipinski definition) is 1. The van der Waals surface area contributed by atoms with Gasteiger partial charge in [-0.1, -0.05) is 24.3 Å². The predicted molar refractivity (Wildman–Crippen MR) is 88.8 cm³/mol. The summed E-state index contributed by atoms with van der Waals surface area (Å²) < 4.78 is 0. The zero-order chi connectivity index (χ0) is 16.4. The second-order valence-corrected chi connectivity index (χ2v) is 5.63. The molecule has 2 aromatic rings. The summed E-state index contributed by atoms with van der Waals surface area (Å²) in [6.45, 7) is 2.74. The first-order valence-electron chi connectivity index (χ1n) is 7.42. The molecule has 0 unspecified atom stereocenters. The minimum atomic E-state index is -0.478. The normalized spacial score (nSPS) is 12.8. The van der Waals surface area contributed by atoms with Crippen LogP contribution in [0.1, 0.15) is 11.1 Å². The lowest BCUT2D eigenvalue weighted by molar-refractivity contribution is -0.384. The Bertz CT molecular complexity index is 773. The van der Waals surface area contributed by atoms with Crippen molar-refractivity contribution in [2.24, 2.45) is 0 Å². The average molecular weight is 311 g/mol. The number of anilines is 2. The molecule has 0 radical (unpaired) electrons. The summed E-state index contributed by atoms with van der Waals surface area (Å²) in [7, 11) is 0. The van der Waals surface area contributed by atoms with Gasteiger partial charge in [-0.3, -0.25) is 14.9 Å². The summed E-state index contributed by atoms with van der Waals surface area (Å²) in [6.07, 6.45) is 0.911. The molecule has 0 aliphatic carbocycles. The predicted octanol–water partition coefficient (Wildman–Crippen LogP) is 2.90. The topological polar surface area (TPSA) is 75.5 Å². The van der Waals surface area contributed by atoms with Crippen LogP contribution >= 0.6 is 0 Å². The summed E-state index contributed by atoms with van der Waals surface area (Å²) in [5.74, 6) is -0.256. The molecule has 6 heteroatoms. The number of para-hydroxylation sites is 1. The van der Waals surface area contributed by atoms with Crippen molar-refractivity contribution < 1.29 is 9.72 Å². The van der Waals surface area contributed by atoms with E-state index in [2.05, 4.69) is 11.4 Å². The van der Waals surface area contributed by atoms with Crippen LogP contribution in [0.4, 0.5) is 17.1 Å². The van der Waals surface area contributed by atoms with E-state index < -0.39 is 4.92 Å². The molecule has 0 spiro atoms. The zero-order valence-electron chi connectivity index (χ0n) is 12.8. The van der Waals surface area contributed by atoms with Gasteiger partial charge in [-0.2, -0.15) is 0 Å². The van der Waals surface area contributed by atoms with E-state index in [4.69, 9.17) is 0 Å². The molecule has 0 aromatic heterocycles. The van der Waals surface area contributed by atoms with E-state index in [0.717, 1.165) is 24.2 Å². The van der Waals surface area contributed by atoms with Crippen LogP contribution in [0.5, 0.6) is 0 Å². The standard InChI is InChI=1S/C17H17N3O3/c1-12-6-7-14(16(10-12)20(22)23)18-17(21)11-19-9-8-13-4-2-3-5-15(13)19/h2-7,10H,8-9,11H2,1H3,(H,18,21). The van der Waals surface area contributed by atoms with Crippen LogP contribution in [0.25, 0.3) is 0 Å². The summed E-state index contributed by atoms with van der Waals surface area (Å²) in [6, 6.07) is 12.7. The van der Waals surface area contributed by atoms with Crippen molar-refractivity contribution in [2.75, 3.05) is 23.3 Å². The number of amides is 1. The van der Waals surface area contributed by atoms with Gasteiger partial charge in [0.2, 0.25) is 5.91 Å². The fraction of sp³-hybridized carbons (Fsp3) is 0.235. The van der Waals surface area contributed by atoms with Crippen LogP contribution in [0.15, 0.2) is 42.5 Å². The fourth-order valence-corrected chi connectivity index (χ4v) is 2.83. The van der Waals surface area contributed by atoms with Crippen LogP contribution in [0.2, 0.25) is 0 Å². The van der Waals surface area contributed by atoms with Gasteiger partial charge in [-0.15, -0.1) is 0 Å². The lowest BCUT2D eigenvalue weighted by Crippen LogP contribution is -2.32. The zero-order valence-corrected chi connectivity index (χ0v) is 12.8. The molecule has 1 amide bonds. The molecule has 0 bridgehead atoms. The van der Waals surface area contributed by atoms with E-state index in [9.17, 15) is 14.9 Å². The van der Waals surface area contributed by atoms with Crippen LogP contribution in [0.3, 0.4) is 0 Å². The number of nitro benzene ring substituents is 1. The van der Waals surface area contributed by atoms with Gasteiger partial charge in [0.25, 0.3) is 5.69 Å². The maximum atomic E-state index is 12.3. The minimum Gasteiger partial charge on any atom is -0.362 e. The van der Waals surface area contributed by atoms with Crippen LogP contribution < -0.4 is 10.2 Å². The molecular formula is C17H17N3O3. The number of carbonyl (C=O) groups is 1. The summed E-state index contributed by atoms with van der Waals surface area (Å²) in [4.78, 5) is 24.9. The second-order valence-electron chi connectivity index (χ2n) is 5.63. The van der Waals surface area contributed by atoms with E-state index in [1.54, 1.807) is 19.1 Å². The first-order valence-corrected chi connectivity index (χ1v) is 7.42. The highest BCUT2D eigenvalue weighted by Crippen LogP contribution is 2.28. The number of nitrogens with zero attached hydrogens (tertiary/aromatic N) is 2. The highest BCUT2D eigenvalue weighted by Gasteiger charge is 2.22. The summed E-state index contributed by atoms with van der Waals surface area (Å²) in [5.41, 5.74) is 3.21. The Morgan fingerprint density at radius 1 is 1.30 bits per heavy atom. The molecule has 2 aromatic carbocycles. The molecule has 0 fully saturated rings. The maximum Gasteiger partial charge on any atom is 0.293 e. The van der Waals surface area contributed by atoms with Gasteiger partial charge in [0.1, 0.15) is 5.69 Å². The quantitative estimate of drug-likeness (QED) is 0.696. The molecule has 0 saturated heterocycles. The number of nitro groups is 1. The fourth-order valence-electron chi connectivity index (χ4n) is 2.83. The smallest absolute Gasteiger partial charge is 0.293 e. The lowest BCUT2D eigenvalue weighted by atomic mass is 10.2. The number of hydrogen-bond acceptors (Lipinski definition) is 4. The van der Waals surface area contributed by atoms with Gasteiger partial charge in [0, 0.05) is 18.3 Å². The Balaban J connectivity index is 1.73. The molecular weight excluding hydrogens is 294 g/mol. The van der Waals surface area contributed by atoms with Crippen molar-refractivity contribution in [3.63, 3.8) is 0 Å². The van der Waals surface area contributed by atoms with Gasteiger partial charge in [0.05, 0.1) is 11.5 Å². The molecule has 3 rings (SSSR count). The van der Waals surface area contributed by atoms with Crippen LogP contribution in [0, 0.1) is 17.0 Å². The molecule has 1 aliphatic rings. The van der Waals surface area contributed by atoms with Gasteiger partial charge in [0.15, 0.2) is 0 Å². The minimum absolute atomic E-state index is 0.0832. The first-order chi connectivity index (χ1) is 11.0. The number of rotatable bonds is 4. The Morgan fingerprint density at radius 2 is 2.09 bits per heavy atom. The summed E-state index contributed by atoms with van der Waals surface area (Å²) in [5, 5.41) is 13.8. The van der Waals surface area contributed by atoms with E-state index in [1.165, 1.54) is 11.6 Å². The van der Waals surface area contributed by atoms with Gasteiger partial charge in [-0.25, -0.2) is 0 Å². The third-order valence-electron chi connectivity index (χ3n) is 3.94. The average Bonchev–Trinajstić information content (AvgIpc) is 2.92. The van der Waals surface area contributed by atoms with Gasteiger partial charge in [-0.05, 0) is 36.6 Å². The van der Waals surface area contributed by atoms with Crippen LogP contribution in [-0.2, 0) is 11.2 Å². The number of nitrogens with one attached hydrogen (secondary N) is 1. The number of fused-ring (bicyclic) bond motifs is 1. The molecule has 1 N–H and O–H groups in total. The van der Waals surface area contributed by atoms with E-state index in [-0.39, 0.29) is 23.8 Å². The van der Waals surface area contributed by atoms with Crippen molar-refractivity contribution in [2.45, 2.75) is 13.3 Å². The Morgan fingerprint density at radius 3 is 2.87 bits per heavy atom. The van der Waals surface area contributed by atoms with Crippen molar-refractivity contribution in [3.05, 3.63) is 63.7 Å². The lowest BCUT2D eigenvalue weighted by Gasteiger charge is -2.18. The van der Waals surface area contributed by atoms with E-state index >= 15 is 0 Å². The third-order valence-corrected chi connectivity index (χ3v) is 3.94. The molecule has 23 heavy (non-hydrogen) atoms. The van der Waals surface area contributed by atoms with E-state index in [1.807, 2.05) is 23.1 Å². The Labute approximate surface area is 133 Å². The monoisotopic (exact) mass is 311 g/mol. The molecule has 0 atom stereocenters. The summed E-state index contributed by atoms with van der Waals surface area (Å²) >= 11 is 0. The van der Waals surface area contributed by atoms with E-state index in [0.29, 0.717) is 0 Å². The first kappa shape index (κ1) is 15.0. The molecule has 1 aliphatic heterocycles. The molecule has 0 saturated carbocycles. The molecule has 1 heterocycles. The Kier molecular flexibility index (Phi) is 3.97. The number of benzene rings is 2. The number of aryl methyl sites for hydroxylation is 1.